The monoisotopic (exact) mass is 303 g/mol. The Kier molecular flexibility index (Phi) is 4.61. The molecule has 0 spiro atoms. The van der Waals surface area contributed by atoms with Gasteiger partial charge < -0.3 is 9.47 Å². The molecule has 2 rings (SSSR count). The summed E-state index contributed by atoms with van der Waals surface area (Å²) >= 11 is 6.07. The van der Waals surface area contributed by atoms with E-state index in [0.29, 0.717) is 45.9 Å². The average Bonchev–Trinajstić information content (AvgIpc) is 2.51. The molecular weight excluding hydrogens is 290 g/mol. The molecule has 0 N–H and O–H groups in total. The van der Waals surface area contributed by atoms with Gasteiger partial charge in [-0.3, -0.25) is 0 Å². The van der Waals surface area contributed by atoms with Gasteiger partial charge in [-0.05, 0) is 19.1 Å². The second kappa shape index (κ2) is 6.42. The molecule has 0 fully saturated rings. The van der Waals surface area contributed by atoms with Crippen LogP contribution in [0.2, 0.25) is 5.15 Å². The fraction of sp³-hybridized carbons (Fsp3) is 0.267. The van der Waals surface area contributed by atoms with Crippen LogP contribution in [0, 0.1) is 18.3 Å². The van der Waals surface area contributed by atoms with Crippen LogP contribution in [0.25, 0.3) is 0 Å². The fourth-order valence-corrected chi connectivity index (χ4v) is 1.87. The van der Waals surface area contributed by atoms with Gasteiger partial charge in [0.25, 0.3) is 0 Å². The lowest BCUT2D eigenvalue weighted by atomic mass is 10.2. The quantitative estimate of drug-likeness (QED) is 0.806. The van der Waals surface area contributed by atoms with Gasteiger partial charge in [-0.25, -0.2) is 4.98 Å². The molecule has 1 aromatic heterocycles. The lowest BCUT2D eigenvalue weighted by molar-refractivity contribution is 0.406. The topological polar surface area (TPSA) is 68.0 Å². The molecule has 21 heavy (non-hydrogen) atoms. The summed E-state index contributed by atoms with van der Waals surface area (Å²) in [6.07, 6.45) is 0.651. The Morgan fingerprint density at radius 2 is 1.95 bits per heavy atom. The number of hydrogen-bond donors (Lipinski definition) is 0. The summed E-state index contributed by atoms with van der Waals surface area (Å²) in [6.45, 7) is 3.71. The minimum atomic E-state index is 0.361. The molecule has 0 saturated heterocycles. The molecule has 0 bridgehead atoms. The Morgan fingerprint density at radius 3 is 2.57 bits per heavy atom. The van der Waals surface area contributed by atoms with Gasteiger partial charge in [-0.15, -0.1) is 0 Å². The molecular formula is C15H14ClN3O2. The molecule has 1 heterocycles. The maximum Gasteiger partial charge on any atom is 0.226 e. The molecule has 1 aromatic carbocycles. The fourth-order valence-electron chi connectivity index (χ4n) is 1.69. The predicted molar refractivity (Wildman–Crippen MR) is 78.9 cm³/mol. The summed E-state index contributed by atoms with van der Waals surface area (Å²) in [5.41, 5.74) is 1.09. The maximum atomic E-state index is 9.02. The molecule has 0 radical (unpaired) electrons. The van der Waals surface area contributed by atoms with E-state index in [2.05, 4.69) is 16.0 Å². The Morgan fingerprint density at radius 1 is 1.24 bits per heavy atom. The largest absolute Gasteiger partial charge is 0.497 e. The Bertz CT molecular complexity index is 711. The van der Waals surface area contributed by atoms with E-state index in [4.69, 9.17) is 26.3 Å². The summed E-state index contributed by atoms with van der Waals surface area (Å²) in [5, 5.41) is 9.38. The van der Waals surface area contributed by atoms with Crippen LogP contribution in [-0.4, -0.2) is 17.1 Å². The maximum absolute atomic E-state index is 9.02. The number of aromatic nitrogens is 2. The highest BCUT2D eigenvalue weighted by Gasteiger charge is 2.12. The van der Waals surface area contributed by atoms with Crippen LogP contribution in [0.1, 0.15) is 23.9 Å². The molecule has 108 valence electrons. The second-order valence-corrected chi connectivity index (χ2v) is 4.68. The average molecular weight is 304 g/mol. The first-order valence-corrected chi connectivity index (χ1v) is 6.75. The number of ether oxygens (including phenoxy) is 2. The van der Waals surface area contributed by atoms with Crippen molar-refractivity contribution in [1.82, 2.24) is 9.97 Å². The summed E-state index contributed by atoms with van der Waals surface area (Å²) in [5.74, 6) is 1.98. The number of halogens is 1. The van der Waals surface area contributed by atoms with Gasteiger partial charge in [0, 0.05) is 18.1 Å². The van der Waals surface area contributed by atoms with Crippen molar-refractivity contribution in [2.75, 3.05) is 7.11 Å². The molecule has 0 saturated carbocycles. The number of hydrogen-bond acceptors (Lipinski definition) is 5. The van der Waals surface area contributed by atoms with Gasteiger partial charge >= 0.3 is 0 Å². The molecule has 0 atom stereocenters. The molecule has 0 aliphatic heterocycles. The molecule has 5 nitrogen and oxygen atoms in total. The number of methoxy groups -OCH3 is 1. The highest BCUT2D eigenvalue weighted by atomic mass is 35.5. The first-order chi connectivity index (χ1) is 10.1. The molecule has 0 unspecified atom stereocenters. The van der Waals surface area contributed by atoms with E-state index in [1.54, 1.807) is 25.1 Å². The second-order valence-electron chi connectivity index (χ2n) is 4.33. The van der Waals surface area contributed by atoms with Gasteiger partial charge in [0.15, 0.2) is 0 Å². The van der Waals surface area contributed by atoms with Crippen molar-refractivity contribution in [3.63, 3.8) is 0 Å². The minimum Gasteiger partial charge on any atom is -0.497 e. The summed E-state index contributed by atoms with van der Waals surface area (Å²) in [4.78, 5) is 8.47. The third-order valence-corrected chi connectivity index (χ3v) is 3.23. The van der Waals surface area contributed by atoms with E-state index < -0.39 is 0 Å². The molecule has 0 amide bonds. The van der Waals surface area contributed by atoms with Crippen LogP contribution >= 0.6 is 11.6 Å². The first kappa shape index (κ1) is 15.1. The lowest BCUT2D eigenvalue weighted by Crippen LogP contribution is -2.00. The third-order valence-electron chi connectivity index (χ3n) is 2.86. The Labute approximate surface area is 128 Å². The van der Waals surface area contributed by atoms with E-state index in [-0.39, 0.29) is 0 Å². The van der Waals surface area contributed by atoms with E-state index >= 15 is 0 Å². The van der Waals surface area contributed by atoms with Gasteiger partial charge in [0.1, 0.15) is 22.5 Å². The van der Waals surface area contributed by atoms with E-state index in [1.807, 2.05) is 6.92 Å². The van der Waals surface area contributed by atoms with Crippen LogP contribution in [0.5, 0.6) is 17.4 Å². The van der Waals surface area contributed by atoms with Crippen molar-refractivity contribution in [2.24, 2.45) is 0 Å². The number of nitrogens with zero attached hydrogens (tertiary/aromatic N) is 3. The number of benzene rings is 1. The number of rotatable bonds is 4. The summed E-state index contributed by atoms with van der Waals surface area (Å²) < 4.78 is 10.9. The van der Waals surface area contributed by atoms with Crippen molar-refractivity contribution in [1.29, 1.82) is 5.26 Å². The Balaban J connectivity index is 2.42. The number of nitriles is 1. The SMILES string of the molecule is CCc1nc(Cl)c(C)c(Oc2cc(C#N)cc(OC)c2)n1. The third kappa shape index (κ3) is 3.41. The number of aryl methyl sites for hydroxylation is 1. The molecule has 6 heteroatoms. The van der Waals surface area contributed by atoms with Crippen LogP contribution in [0.4, 0.5) is 0 Å². The van der Waals surface area contributed by atoms with Gasteiger partial charge in [-0.2, -0.15) is 10.2 Å². The van der Waals surface area contributed by atoms with Crippen LogP contribution in [0.3, 0.4) is 0 Å². The van der Waals surface area contributed by atoms with Crippen molar-refractivity contribution in [3.8, 4) is 23.4 Å². The van der Waals surface area contributed by atoms with Gasteiger partial charge in [-0.1, -0.05) is 18.5 Å². The standard InChI is InChI=1S/C15H14ClN3O2/c1-4-13-18-14(16)9(2)15(19-13)21-12-6-10(8-17)5-11(7-12)20-3/h5-7H,4H2,1-3H3. The van der Waals surface area contributed by atoms with Crippen molar-refractivity contribution >= 4 is 11.6 Å². The highest BCUT2D eigenvalue weighted by Crippen LogP contribution is 2.30. The van der Waals surface area contributed by atoms with E-state index in [9.17, 15) is 0 Å². The van der Waals surface area contributed by atoms with E-state index in [1.165, 1.54) is 7.11 Å². The normalized spacial score (nSPS) is 10.0. The first-order valence-electron chi connectivity index (χ1n) is 6.37. The van der Waals surface area contributed by atoms with Crippen LogP contribution in [0.15, 0.2) is 18.2 Å². The van der Waals surface area contributed by atoms with Crippen LogP contribution < -0.4 is 9.47 Å². The minimum absolute atomic E-state index is 0.361. The lowest BCUT2D eigenvalue weighted by Gasteiger charge is -2.11. The zero-order chi connectivity index (χ0) is 15.4. The van der Waals surface area contributed by atoms with Gasteiger partial charge in [0.2, 0.25) is 5.88 Å². The highest BCUT2D eigenvalue weighted by molar-refractivity contribution is 6.30. The van der Waals surface area contributed by atoms with E-state index in [0.717, 1.165) is 0 Å². The van der Waals surface area contributed by atoms with Crippen molar-refractivity contribution in [2.45, 2.75) is 20.3 Å². The van der Waals surface area contributed by atoms with Crippen molar-refractivity contribution < 1.29 is 9.47 Å². The molecule has 2 aromatic rings. The Hall–Kier alpha value is -2.32. The summed E-state index contributed by atoms with van der Waals surface area (Å²) in [7, 11) is 1.53. The zero-order valence-corrected chi connectivity index (χ0v) is 12.7. The predicted octanol–water partition coefficient (Wildman–Crippen LogP) is 3.67. The smallest absolute Gasteiger partial charge is 0.226 e. The van der Waals surface area contributed by atoms with Gasteiger partial charge in [0.05, 0.1) is 18.7 Å². The van der Waals surface area contributed by atoms with Crippen molar-refractivity contribution in [3.05, 3.63) is 40.3 Å². The zero-order valence-electron chi connectivity index (χ0n) is 12.0. The van der Waals surface area contributed by atoms with Crippen LogP contribution in [-0.2, 0) is 6.42 Å². The summed E-state index contributed by atoms with van der Waals surface area (Å²) in [6, 6.07) is 6.98. The molecule has 0 aliphatic carbocycles. The molecule has 0 aliphatic rings.